The molecule has 0 aromatic heterocycles. The van der Waals surface area contributed by atoms with E-state index in [-0.39, 0.29) is 17.7 Å². The van der Waals surface area contributed by atoms with Gasteiger partial charge in [0.15, 0.2) is 0 Å². The summed E-state index contributed by atoms with van der Waals surface area (Å²) in [5.41, 5.74) is 1.15. The van der Waals surface area contributed by atoms with E-state index in [1.165, 1.54) is 6.07 Å². The number of carbonyl (C=O) groups excluding carboxylic acids is 2. The molecule has 2 aromatic carbocycles. The second kappa shape index (κ2) is 7.98. The first-order valence-electron chi connectivity index (χ1n) is 8.15. The van der Waals surface area contributed by atoms with Crippen molar-refractivity contribution in [3.05, 3.63) is 58.1 Å². The van der Waals surface area contributed by atoms with Gasteiger partial charge in [-0.05, 0) is 42.5 Å². The molecule has 0 bridgehead atoms. The van der Waals surface area contributed by atoms with Gasteiger partial charge in [-0.2, -0.15) is 0 Å². The quantitative estimate of drug-likeness (QED) is 0.841. The van der Waals surface area contributed by atoms with Crippen molar-refractivity contribution in [2.75, 3.05) is 25.1 Å². The maximum atomic E-state index is 12.3. The first kappa shape index (κ1) is 18.5. The third-order valence-corrected chi connectivity index (χ3v) is 4.88. The Labute approximate surface area is 161 Å². The second-order valence-corrected chi connectivity index (χ2v) is 6.95. The van der Waals surface area contributed by atoms with Gasteiger partial charge in [-0.15, -0.1) is 0 Å². The molecule has 1 unspecified atom stereocenters. The molecule has 0 radical (unpaired) electrons. The Bertz CT molecular complexity index is 824. The molecular formula is C19H18Cl2N2O3. The Balaban J connectivity index is 1.60. The Morgan fingerprint density at radius 1 is 1.23 bits per heavy atom. The number of halogens is 2. The molecule has 3 rings (SSSR count). The molecule has 1 aliphatic heterocycles. The minimum Gasteiger partial charge on any atom is -0.497 e. The third kappa shape index (κ3) is 4.11. The molecule has 2 aromatic rings. The number of amides is 2. The summed E-state index contributed by atoms with van der Waals surface area (Å²) < 4.78 is 5.13. The number of anilines is 1. The predicted octanol–water partition coefficient (Wildman–Crippen LogP) is 3.78. The van der Waals surface area contributed by atoms with Gasteiger partial charge in [0.1, 0.15) is 5.75 Å². The maximum Gasteiger partial charge on any atom is 0.252 e. The molecule has 7 heteroatoms. The highest BCUT2D eigenvalue weighted by Gasteiger charge is 2.31. The van der Waals surface area contributed by atoms with Gasteiger partial charge < -0.3 is 15.0 Å². The van der Waals surface area contributed by atoms with Crippen LogP contribution in [0.1, 0.15) is 16.8 Å². The third-order valence-electron chi connectivity index (χ3n) is 4.31. The average molecular weight is 393 g/mol. The van der Waals surface area contributed by atoms with E-state index >= 15 is 0 Å². The van der Waals surface area contributed by atoms with Crippen LogP contribution in [0.4, 0.5) is 5.69 Å². The molecule has 2 amide bonds. The van der Waals surface area contributed by atoms with E-state index in [1.807, 2.05) is 24.3 Å². The van der Waals surface area contributed by atoms with E-state index in [4.69, 9.17) is 27.9 Å². The standard InChI is InChI=1S/C19H18Cl2N2O3/c1-26-15-5-3-14(4-6-15)23-11-12(8-18(23)24)10-22-19(25)16-9-13(20)2-7-17(16)21/h2-7,9,12H,8,10-11H2,1H3,(H,22,25). The summed E-state index contributed by atoms with van der Waals surface area (Å²) in [7, 11) is 1.60. The molecule has 1 heterocycles. The van der Waals surface area contributed by atoms with E-state index in [9.17, 15) is 9.59 Å². The Morgan fingerprint density at radius 3 is 2.65 bits per heavy atom. The van der Waals surface area contributed by atoms with Crippen LogP contribution >= 0.6 is 23.2 Å². The second-order valence-electron chi connectivity index (χ2n) is 6.11. The zero-order valence-electron chi connectivity index (χ0n) is 14.2. The molecule has 1 N–H and O–H groups in total. The van der Waals surface area contributed by atoms with Crippen molar-refractivity contribution >= 4 is 40.7 Å². The summed E-state index contributed by atoms with van der Waals surface area (Å²) in [5.74, 6) is 0.511. The van der Waals surface area contributed by atoms with Crippen molar-refractivity contribution < 1.29 is 14.3 Å². The van der Waals surface area contributed by atoms with Crippen molar-refractivity contribution in [2.24, 2.45) is 5.92 Å². The number of ether oxygens (including phenoxy) is 1. The first-order valence-corrected chi connectivity index (χ1v) is 8.91. The molecular weight excluding hydrogens is 375 g/mol. The SMILES string of the molecule is COc1ccc(N2CC(CNC(=O)c3cc(Cl)ccc3Cl)CC2=O)cc1. The molecule has 0 saturated carbocycles. The number of benzene rings is 2. The summed E-state index contributed by atoms with van der Waals surface area (Å²) in [5, 5.41) is 3.63. The highest BCUT2D eigenvalue weighted by atomic mass is 35.5. The summed E-state index contributed by atoms with van der Waals surface area (Å²) >= 11 is 12.0. The molecule has 0 aliphatic carbocycles. The zero-order chi connectivity index (χ0) is 18.7. The van der Waals surface area contributed by atoms with Crippen LogP contribution in [0.2, 0.25) is 10.0 Å². The molecule has 1 saturated heterocycles. The summed E-state index contributed by atoms with van der Waals surface area (Å²) in [6.07, 6.45) is 0.385. The van der Waals surface area contributed by atoms with Crippen LogP contribution in [0.3, 0.4) is 0 Å². The smallest absolute Gasteiger partial charge is 0.252 e. The number of hydrogen-bond acceptors (Lipinski definition) is 3. The van der Waals surface area contributed by atoms with Crippen LogP contribution < -0.4 is 15.0 Å². The van der Waals surface area contributed by atoms with E-state index < -0.39 is 0 Å². The lowest BCUT2D eigenvalue weighted by Crippen LogP contribution is -2.31. The van der Waals surface area contributed by atoms with E-state index in [1.54, 1.807) is 24.1 Å². The maximum absolute atomic E-state index is 12.3. The largest absolute Gasteiger partial charge is 0.497 e. The molecule has 26 heavy (non-hydrogen) atoms. The average Bonchev–Trinajstić information content (AvgIpc) is 3.02. The number of nitrogens with one attached hydrogen (secondary N) is 1. The first-order chi connectivity index (χ1) is 12.5. The molecule has 1 fully saturated rings. The molecule has 1 atom stereocenters. The molecule has 1 aliphatic rings. The Morgan fingerprint density at radius 2 is 1.96 bits per heavy atom. The predicted molar refractivity (Wildman–Crippen MR) is 102 cm³/mol. The number of nitrogens with zero attached hydrogens (tertiary/aromatic N) is 1. The lowest BCUT2D eigenvalue weighted by atomic mass is 10.1. The van der Waals surface area contributed by atoms with Gasteiger partial charge in [-0.3, -0.25) is 9.59 Å². The van der Waals surface area contributed by atoms with E-state index in [0.717, 1.165) is 11.4 Å². The Kier molecular flexibility index (Phi) is 5.69. The van der Waals surface area contributed by atoms with Crippen molar-refractivity contribution in [1.82, 2.24) is 5.32 Å². The zero-order valence-corrected chi connectivity index (χ0v) is 15.7. The van der Waals surface area contributed by atoms with Crippen molar-refractivity contribution in [2.45, 2.75) is 6.42 Å². The van der Waals surface area contributed by atoms with Crippen molar-refractivity contribution in [3.63, 3.8) is 0 Å². The molecule has 5 nitrogen and oxygen atoms in total. The van der Waals surface area contributed by atoms with Crippen LogP contribution in [0.5, 0.6) is 5.75 Å². The van der Waals surface area contributed by atoms with Crippen molar-refractivity contribution in [3.8, 4) is 5.75 Å². The fraction of sp³-hybridized carbons (Fsp3) is 0.263. The number of methoxy groups -OCH3 is 1. The minimum absolute atomic E-state index is 0.0338. The van der Waals surface area contributed by atoms with Gasteiger partial charge in [0.25, 0.3) is 5.91 Å². The number of rotatable bonds is 5. The van der Waals surface area contributed by atoms with Crippen LogP contribution in [-0.4, -0.2) is 32.0 Å². The fourth-order valence-corrected chi connectivity index (χ4v) is 3.31. The van der Waals surface area contributed by atoms with Gasteiger partial charge in [0, 0.05) is 36.1 Å². The highest BCUT2D eigenvalue weighted by molar-refractivity contribution is 6.35. The van der Waals surface area contributed by atoms with Crippen LogP contribution in [0.15, 0.2) is 42.5 Å². The fourth-order valence-electron chi connectivity index (χ4n) is 2.93. The van der Waals surface area contributed by atoms with Gasteiger partial charge in [-0.25, -0.2) is 0 Å². The monoisotopic (exact) mass is 392 g/mol. The summed E-state index contributed by atoms with van der Waals surface area (Å²) in [6, 6.07) is 12.1. The van der Waals surface area contributed by atoms with Gasteiger partial charge >= 0.3 is 0 Å². The van der Waals surface area contributed by atoms with Crippen LogP contribution in [0, 0.1) is 5.92 Å². The summed E-state index contributed by atoms with van der Waals surface area (Å²) in [4.78, 5) is 26.3. The lowest BCUT2D eigenvalue weighted by molar-refractivity contribution is -0.117. The lowest BCUT2D eigenvalue weighted by Gasteiger charge is -2.17. The van der Waals surface area contributed by atoms with Crippen molar-refractivity contribution in [1.29, 1.82) is 0 Å². The van der Waals surface area contributed by atoms with Gasteiger partial charge in [-0.1, -0.05) is 23.2 Å². The topological polar surface area (TPSA) is 58.6 Å². The normalized spacial score (nSPS) is 16.7. The van der Waals surface area contributed by atoms with Gasteiger partial charge in [0.2, 0.25) is 5.91 Å². The van der Waals surface area contributed by atoms with Crippen LogP contribution in [-0.2, 0) is 4.79 Å². The van der Waals surface area contributed by atoms with Gasteiger partial charge in [0.05, 0.1) is 17.7 Å². The number of carbonyl (C=O) groups is 2. The Hall–Kier alpha value is -2.24. The summed E-state index contributed by atoms with van der Waals surface area (Å²) in [6.45, 7) is 0.939. The highest BCUT2D eigenvalue weighted by Crippen LogP contribution is 2.27. The minimum atomic E-state index is -0.298. The molecule has 0 spiro atoms. The van der Waals surface area contributed by atoms with Crippen LogP contribution in [0.25, 0.3) is 0 Å². The van der Waals surface area contributed by atoms with E-state index in [2.05, 4.69) is 5.32 Å². The number of hydrogen-bond donors (Lipinski definition) is 1. The molecule has 136 valence electrons. The van der Waals surface area contributed by atoms with E-state index in [0.29, 0.717) is 35.1 Å².